The third-order valence-corrected chi connectivity index (χ3v) is 7.20. The lowest BCUT2D eigenvalue weighted by atomic mass is 10.0. The predicted octanol–water partition coefficient (Wildman–Crippen LogP) is 3.20. The van der Waals surface area contributed by atoms with Crippen LogP contribution in [-0.4, -0.2) is 78.9 Å². The highest BCUT2D eigenvalue weighted by Gasteiger charge is 2.38. The first kappa shape index (κ1) is 34.6. The third-order valence-electron chi connectivity index (χ3n) is 6.58. The highest BCUT2D eigenvalue weighted by Crippen LogP contribution is 2.27. The van der Waals surface area contributed by atoms with Crippen LogP contribution in [0.3, 0.4) is 0 Å². The normalized spacial score (nSPS) is 16.8. The molecule has 0 aromatic heterocycles. The largest absolute Gasteiger partial charge is 0.461 e. The number of amides is 2. The van der Waals surface area contributed by atoms with E-state index < -0.39 is 56.4 Å². The van der Waals surface area contributed by atoms with Crippen LogP contribution in [0.15, 0.2) is 48.5 Å². The van der Waals surface area contributed by atoms with Crippen molar-refractivity contribution in [3.63, 3.8) is 0 Å². The van der Waals surface area contributed by atoms with Gasteiger partial charge < -0.3 is 24.4 Å². The van der Waals surface area contributed by atoms with E-state index in [0.717, 1.165) is 6.26 Å². The van der Waals surface area contributed by atoms with Crippen LogP contribution in [0.4, 0.5) is 21.0 Å². The molecule has 18 heteroatoms. The van der Waals surface area contributed by atoms with E-state index in [2.05, 4.69) is 5.32 Å². The molecule has 1 aliphatic heterocycles. The highest BCUT2D eigenvalue weighted by molar-refractivity contribution is 7.86. The second-order valence-electron chi connectivity index (χ2n) is 10.1. The Morgan fingerprint density at radius 1 is 0.956 bits per heavy atom. The summed E-state index contributed by atoms with van der Waals surface area (Å²) in [5, 5.41) is 24.1. The second kappa shape index (κ2) is 15.8. The van der Waals surface area contributed by atoms with Crippen molar-refractivity contribution in [3.05, 3.63) is 79.9 Å². The molecule has 0 bridgehead atoms. The Morgan fingerprint density at radius 2 is 1.49 bits per heavy atom. The molecule has 3 atom stereocenters. The SMILES string of the molecule is CC(=O)OC(CC[C@@H]1C[C@@H](OS(C)(=O)=O)CN1C(=O)OCc1ccc([N+](=O)[O-])cc1)CNC(=O)OCc1ccc([N+](=O)[O-])cc1. The van der Waals surface area contributed by atoms with Crippen molar-refractivity contribution < 1.29 is 51.0 Å². The van der Waals surface area contributed by atoms with E-state index in [1.54, 1.807) is 0 Å². The minimum Gasteiger partial charge on any atom is -0.461 e. The maximum Gasteiger partial charge on any atom is 0.410 e. The van der Waals surface area contributed by atoms with Crippen molar-refractivity contribution in [3.8, 4) is 0 Å². The van der Waals surface area contributed by atoms with E-state index in [1.807, 2.05) is 0 Å². The van der Waals surface area contributed by atoms with E-state index in [-0.39, 0.29) is 56.9 Å². The van der Waals surface area contributed by atoms with Gasteiger partial charge in [0.05, 0.1) is 35.3 Å². The van der Waals surface area contributed by atoms with Crippen molar-refractivity contribution >= 4 is 39.6 Å². The fourth-order valence-electron chi connectivity index (χ4n) is 4.56. The van der Waals surface area contributed by atoms with Gasteiger partial charge in [-0.3, -0.25) is 29.2 Å². The summed E-state index contributed by atoms with van der Waals surface area (Å²) in [4.78, 5) is 58.8. The van der Waals surface area contributed by atoms with Gasteiger partial charge in [-0.15, -0.1) is 0 Å². The molecule has 3 rings (SSSR count). The van der Waals surface area contributed by atoms with Gasteiger partial charge in [0.1, 0.15) is 19.3 Å². The Kier molecular flexibility index (Phi) is 12.1. The summed E-state index contributed by atoms with van der Waals surface area (Å²) < 4.78 is 44.4. The molecule has 2 aromatic rings. The van der Waals surface area contributed by atoms with E-state index in [0.29, 0.717) is 11.1 Å². The number of nitro benzene ring substituents is 2. The summed E-state index contributed by atoms with van der Waals surface area (Å²) in [5.74, 6) is -0.620. The number of ether oxygens (including phenoxy) is 3. The molecule has 0 aliphatic carbocycles. The van der Waals surface area contributed by atoms with Crippen molar-refractivity contribution in [2.75, 3.05) is 19.3 Å². The Bertz CT molecular complexity index is 1480. The Labute approximate surface area is 257 Å². The molecule has 1 N–H and O–H groups in total. The molecular formula is C27H32N4O13S. The molecule has 1 fully saturated rings. The fraction of sp³-hybridized carbons (Fsp3) is 0.444. The maximum absolute atomic E-state index is 13.0. The van der Waals surface area contributed by atoms with Crippen molar-refractivity contribution in [2.24, 2.45) is 0 Å². The van der Waals surface area contributed by atoms with Gasteiger partial charge in [-0.05, 0) is 54.7 Å². The number of non-ortho nitro benzene ring substituents is 2. The number of carbonyl (C=O) groups is 3. The molecule has 1 saturated heterocycles. The molecule has 0 saturated carbocycles. The van der Waals surface area contributed by atoms with Gasteiger partial charge in [0.15, 0.2) is 0 Å². The number of nitro groups is 2. The summed E-state index contributed by atoms with van der Waals surface area (Å²) in [6, 6.07) is 10.3. The second-order valence-corrected chi connectivity index (χ2v) is 11.7. The van der Waals surface area contributed by atoms with E-state index in [4.69, 9.17) is 18.4 Å². The number of rotatable bonds is 14. The molecule has 2 aromatic carbocycles. The lowest BCUT2D eigenvalue weighted by Gasteiger charge is -2.25. The number of carbonyl (C=O) groups excluding carboxylic acids is 3. The number of nitrogens with one attached hydrogen (secondary N) is 1. The topological polar surface area (TPSA) is 224 Å². The average molecular weight is 653 g/mol. The number of hydrogen-bond donors (Lipinski definition) is 1. The Hall–Kier alpha value is -4.84. The van der Waals surface area contributed by atoms with Crippen molar-refractivity contribution in [1.82, 2.24) is 10.2 Å². The van der Waals surface area contributed by atoms with Crippen LogP contribution < -0.4 is 5.32 Å². The van der Waals surface area contributed by atoms with Crippen LogP contribution in [0.25, 0.3) is 0 Å². The zero-order chi connectivity index (χ0) is 33.1. The Morgan fingerprint density at radius 3 is 1.98 bits per heavy atom. The third kappa shape index (κ3) is 11.6. The van der Waals surface area contributed by atoms with Crippen LogP contribution in [-0.2, 0) is 46.5 Å². The number of esters is 1. The number of likely N-dealkylation sites (tertiary alicyclic amines) is 1. The summed E-state index contributed by atoms with van der Waals surface area (Å²) in [7, 11) is -3.84. The summed E-state index contributed by atoms with van der Waals surface area (Å²) in [6.07, 6.45) is -1.88. The molecule has 0 radical (unpaired) electrons. The summed E-state index contributed by atoms with van der Waals surface area (Å²) >= 11 is 0. The monoisotopic (exact) mass is 652 g/mol. The molecule has 1 heterocycles. The minimum absolute atomic E-state index is 0.0950. The minimum atomic E-state index is -3.84. The van der Waals surface area contributed by atoms with Gasteiger partial charge in [-0.25, -0.2) is 9.59 Å². The summed E-state index contributed by atoms with van der Waals surface area (Å²) in [6.45, 7) is 0.595. The first-order valence-electron chi connectivity index (χ1n) is 13.6. The van der Waals surface area contributed by atoms with Gasteiger partial charge in [-0.2, -0.15) is 8.42 Å². The maximum atomic E-state index is 13.0. The quantitative estimate of drug-likeness (QED) is 0.102. The van der Waals surface area contributed by atoms with Crippen molar-refractivity contribution in [1.29, 1.82) is 0 Å². The van der Waals surface area contributed by atoms with Gasteiger partial charge in [0, 0.05) is 37.2 Å². The zero-order valence-corrected chi connectivity index (χ0v) is 25.2. The number of nitrogens with zero attached hydrogens (tertiary/aromatic N) is 3. The van der Waals surface area contributed by atoms with Gasteiger partial charge in [-0.1, -0.05) is 0 Å². The molecule has 1 aliphatic rings. The van der Waals surface area contributed by atoms with Gasteiger partial charge in [0.25, 0.3) is 21.5 Å². The molecule has 244 valence electrons. The lowest BCUT2D eigenvalue weighted by Crippen LogP contribution is -2.39. The first-order chi connectivity index (χ1) is 21.2. The zero-order valence-electron chi connectivity index (χ0n) is 24.4. The molecule has 45 heavy (non-hydrogen) atoms. The standard InChI is InChI=1S/C27H32N4O13S/c1-18(32)43-24(14-28-26(33)41-16-19-3-7-21(8-4-19)30(35)36)12-11-23-13-25(44-45(2,39)40)15-29(23)27(34)42-17-20-5-9-22(10-6-20)31(37)38/h3-10,23-25H,11-17H2,1-2H3,(H,28,33)/t23-,24?,25-/m1/s1. The average Bonchev–Trinajstić information content (AvgIpc) is 3.37. The molecule has 0 spiro atoms. The highest BCUT2D eigenvalue weighted by atomic mass is 32.2. The first-order valence-corrected chi connectivity index (χ1v) is 15.4. The Balaban J connectivity index is 1.57. The van der Waals surface area contributed by atoms with Crippen LogP contribution in [0.2, 0.25) is 0 Å². The van der Waals surface area contributed by atoms with Crippen LogP contribution in [0.5, 0.6) is 0 Å². The van der Waals surface area contributed by atoms with E-state index >= 15 is 0 Å². The number of benzene rings is 2. The van der Waals surface area contributed by atoms with E-state index in [1.165, 1.54) is 60.4 Å². The molecule has 17 nitrogen and oxygen atoms in total. The summed E-state index contributed by atoms with van der Waals surface area (Å²) in [5.41, 5.74) is 0.773. The van der Waals surface area contributed by atoms with Gasteiger partial charge in [0.2, 0.25) is 0 Å². The smallest absolute Gasteiger partial charge is 0.410 e. The molecular weight excluding hydrogens is 620 g/mol. The van der Waals surface area contributed by atoms with Crippen LogP contribution in [0.1, 0.15) is 37.3 Å². The fourth-order valence-corrected chi connectivity index (χ4v) is 5.19. The van der Waals surface area contributed by atoms with E-state index in [9.17, 15) is 43.0 Å². The van der Waals surface area contributed by atoms with Crippen LogP contribution in [0, 0.1) is 20.2 Å². The van der Waals surface area contributed by atoms with Gasteiger partial charge >= 0.3 is 18.2 Å². The molecule has 2 amide bonds. The number of hydrogen-bond acceptors (Lipinski definition) is 13. The predicted molar refractivity (Wildman–Crippen MR) is 154 cm³/mol. The van der Waals surface area contributed by atoms with Crippen molar-refractivity contribution in [2.45, 2.75) is 57.6 Å². The van der Waals surface area contributed by atoms with Crippen LogP contribution >= 0.6 is 0 Å². The lowest BCUT2D eigenvalue weighted by molar-refractivity contribution is -0.385. The number of alkyl carbamates (subject to hydrolysis) is 1. The molecule has 1 unspecified atom stereocenters.